The lowest BCUT2D eigenvalue weighted by atomic mass is 10.0. The first-order valence-corrected chi connectivity index (χ1v) is 12.3. The van der Waals surface area contributed by atoms with E-state index in [2.05, 4.69) is 53.9 Å². The van der Waals surface area contributed by atoms with Crippen LogP contribution >= 0.6 is 0 Å². The third kappa shape index (κ3) is 3.99. The van der Waals surface area contributed by atoms with Crippen LogP contribution in [0.25, 0.3) is 22.2 Å². The number of carbonyl (C=O) groups is 1. The van der Waals surface area contributed by atoms with Crippen molar-refractivity contribution in [3.8, 4) is 11.3 Å². The normalized spacial score (nSPS) is 19.9. The lowest BCUT2D eigenvalue weighted by Crippen LogP contribution is -2.41. The van der Waals surface area contributed by atoms with Crippen molar-refractivity contribution in [1.82, 2.24) is 35.4 Å². The molecule has 12 nitrogen and oxygen atoms in total. The summed E-state index contributed by atoms with van der Waals surface area (Å²) in [6, 6.07) is 9.43. The molecule has 1 amide bonds. The third-order valence-electron chi connectivity index (χ3n) is 7.10. The van der Waals surface area contributed by atoms with E-state index >= 15 is 0 Å². The molecule has 190 valence electrons. The van der Waals surface area contributed by atoms with Crippen LogP contribution < -0.4 is 15.1 Å². The molecule has 2 atom stereocenters. The maximum absolute atomic E-state index is 13.4. The van der Waals surface area contributed by atoms with Gasteiger partial charge in [0.25, 0.3) is 5.91 Å². The van der Waals surface area contributed by atoms with Gasteiger partial charge < -0.3 is 19.9 Å². The molecule has 1 saturated heterocycles. The molecule has 0 bridgehead atoms. The van der Waals surface area contributed by atoms with Crippen molar-refractivity contribution in [3.05, 3.63) is 47.8 Å². The average Bonchev–Trinajstić information content (AvgIpc) is 3.55. The quantitative estimate of drug-likeness (QED) is 0.434. The Morgan fingerprint density at radius 2 is 2.08 bits per heavy atom. The Bertz CT molecular complexity index is 1520. The fourth-order valence-corrected chi connectivity index (χ4v) is 5.05. The topological polar surface area (TPSA) is 130 Å². The molecule has 3 aromatic heterocycles. The number of hydrogen-bond acceptors (Lipinski definition) is 9. The number of allylic oxidation sites excluding steroid dienone is 1. The molecule has 2 aliphatic rings. The summed E-state index contributed by atoms with van der Waals surface area (Å²) in [6.07, 6.45) is 1.97. The van der Waals surface area contributed by atoms with Crippen LogP contribution in [0, 0.1) is 0 Å². The van der Waals surface area contributed by atoms with Gasteiger partial charge in [0.1, 0.15) is 11.5 Å². The number of anilines is 3. The molecule has 0 saturated carbocycles. The van der Waals surface area contributed by atoms with Crippen molar-refractivity contribution >= 4 is 34.3 Å². The van der Waals surface area contributed by atoms with Crippen molar-refractivity contribution in [1.29, 1.82) is 0 Å². The van der Waals surface area contributed by atoms with E-state index in [0.717, 1.165) is 46.8 Å². The number of carbonyl (C=O) groups excluding carboxylic acids is 1. The van der Waals surface area contributed by atoms with E-state index in [4.69, 9.17) is 4.74 Å². The Labute approximate surface area is 213 Å². The second-order valence-electron chi connectivity index (χ2n) is 9.47. The number of aromatic nitrogens is 7. The molecule has 0 aliphatic carbocycles. The minimum atomic E-state index is -0.299. The molecule has 1 aromatic carbocycles. The average molecular weight is 501 g/mol. The maximum Gasteiger partial charge on any atom is 0.255 e. The van der Waals surface area contributed by atoms with Gasteiger partial charge in [0.15, 0.2) is 0 Å². The second kappa shape index (κ2) is 8.96. The summed E-state index contributed by atoms with van der Waals surface area (Å²) < 4.78 is 7.32. The molecule has 12 heteroatoms. The molecule has 1 unspecified atom stereocenters. The first kappa shape index (κ1) is 23.1. The Kier molecular flexibility index (Phi) is 5.60. The lowest BCUT2D eigenvalue weighted by Gasteiger charge is -2.32. The van der Waals surface area contributed by atoms with E-state index in [-0.39, 0.29) is 18.1 Å². The number of fused-ring (bicyclic) bond motifs is 2. The second-order valence-corrected chi connectivity index (χ2v) is 9.47. The fraction of sp³-hybridized carbons (Fsp3) is 0.360. The number of nitrogens with zero attached hydrogens (tertiary/aromatic N) is 8. The first-order valence-electron chi connectivity index (χ1n) is 12.3. The van der Waals surface area contributed by atoms with Crippen molar-refractivity contribution in [3.63, 3.8) is 0 Å². The molecular formula is C25H28N10O2. The van der Waals surface area contributed by atoms with Crippen LogP contribution in [0.5, 0.6) is 0 Å². The number of amides is 1. The van der Waals surface area contributed by atoms with Crippen LogP contribution in [0.15, 0.2) is 47.8 Å². The molecule has 37 heavy (non-hydrogen) atoms. The van der Waals surface area contributed by atoms with E-state index in [1.165, 1.54) is 0 Å². The van der Waals surface area contributed by atoms with Gasteiger partial charge in [-0.3, -0.25) is 9.89 Å². The first-order chi connectivity index (χ1) is 17.9. The summed E-state index contributed by atoms with van der Waals surface area (Å²) in [6.45, 7) is 8.16. The third-order valence-corrected chi connectivity index (χ3v) is 7.10. The zero-order valence-electron chi connectivity index (χ0n) is 21.1. The van der Waals surface area contributed by atoms with Gasteiger partial charge in [-0.2, -0.15) is 5.10 Å². The Hall–Kier alpha value is -4.32. The highest BCUT2D eigenvalue weighted by Gasteiger charge is 2.32. The smallest absolute Gasteiger partial charge is 0.255 e. The van der Waals surface area contributed by atoms with E-state index < -0.39 is 0 Å². The highest BCUT2D eigenvalue weighted by Crippen LogP contribution is 2.34. The van der Waals surface area contributed by atoms with Crippen LogP contribution in [0.1, 0.15) is 26.8 Å². The van der Waals surface area contributed by atoms with Gasteiger partial charge in [-0.1, -0.05) is 5.10 Å². The SMILES string of the molecule is CC1=C(C(=O)Nc2ccc3[nH]nc(-c4ccnc(N5CCO[C@H](C)C5)c4)c3c2)C(C)n2nnnc2N1C. The minimum absolute atomic E-state index is 0.161. The summed E-state index contributed by atoms with van der Waals surface area (Å²) in [7, 11) is 1.85. The largest absolute Gasteiger partial charge is 0.375 e. The monoisotopic (exact) mass is 500 g/mol. The van der Waals surface area contributed by atoms with Crippen molar-refractivity contribution < 1.29 is 9.53 Å². The van der Waals surface area contributed by atoms with Gasteiger partial charge in [-0.15, -0.1) is 0 Å². The predicted molar refractivity (Wildman–Crippen MR) is 139 cm³/mol. The zero-order valence-corrected chi connectivity index (χ0v) is 21.1. The van der Waals surface area contributed by atoms with Crippen molar-refractivity contribution in [2.24, 2.45) is 0 Å². The van der Waals surface area contributed by atoms with Gasteiger partial charge in [-0.25, -0.2) is 9.67 Å². The zero-order chi connectivity index (χ0) is 25.7. The molecule has 5 heterocycles. The summed E-state index contributed by atoms with van der Waals surface area (Å²) in [5, 5.41) is 23.5. The number of morpholine rings is 1. The molecule has 6 rings (SSSR count). The number of pyridine rings is 1. The summed E-state index contributed by atoms with van der Waals surface area (Å²) in [4.78, 5) is 22.0. The number of aromatic amines is 1. The van der Waals surface area contributed by atoms with Crippen molar-refractivity contribution in [2.45, 2.75) is 32.9 Å². The molecule has 4 aromatic rings. The molecule has 2 N–H and O–H groups in total. The lowest BCUT2D eigenvalue weighted by molar-refractivity contribution is -0.113. The Balaban J connectivity index is 1.29. The predicted octanol–water partition coefficient (Wildman–Crippen LogP) is 2.76. The Morgan fingerprint density at radius 3 is 2.92 bits per heavy atom. The van der Waals surface area contributed by atoms with Crippen LogP contribution in [0.3, 0.4) is 0 Å². The van der Waals surface area contributed by atoms with E-state index in [1.807, 2.05) is 50.1 Å². The standard InChI is InChI=1S/C25H28N10O2/c1-14-13-34(9-10-37-14)21-11-17(7-8-26-21)23-19-12-18(5-6-20(19)28-29-23)27-24(36)22-15(2)33(4)25-30-31-32-35(25)16(22)3/h5-8,11-12,14,16H,9-10,13H2,1-4H3,(H,27,36)(H,28,29)/t14-,16?/m1/s1. The number of nitrogens with one attached hydrogen (secondary N) is 2. The van der Waals surface area contributed by atoms with Crippen LogP contribution in [-0.2, 0) is 9.53 Å². The van der Waals surface area contributed by atoms with E-state index in [1.54, 1.807) is 10.9 Å². The van der Waals surface area contributed by atoms with Gasteiger partial charge in [0.05, 0.1) is 29.8 Å². The van der Waals surface area contributed by atoms with Crippen molar-refractivity contribution in [2.75, 3.05) is 41.9 Å². The maximum atomic E-state index is 13.4. The van der Waals surface area contributed by atoms with Gasteiger partial charge in [-0.05, 0) is 61.5 Å². The minimum Gasteiger partial charge on any atom is -0.375 e. The van der Waals surface area contributed by atoms with Gasteiger partial charge in [0.2, 0.25) is 5.95 Å². The number of ether oxygens (including phenoxy) is 1. The summed E-state index contributed by atoms with van der Waals surface area (Å²) >= 11 is 0. The molecule has 0 radical (unpaired) electrons. The molecule has 1 fully saturated rings. The van der Waals surface area contributed by atoms with E-state index in [0.29, 0.717) is 23.8 Å². The fourth-order valence-electron chi connectivity index (χ4n) is 5.05. The van der Waals surface area contributed by atoms with Crippen LogP contribution in [-0.4, -0.2) is 74.1 Å². The number of rotatable bonds is 4. The summed E-state index contributed by atoms with van der Waals surface area (Å²) in [5.74, 6) is 1.30. The van der Waals surface area contributed by atoms with Crippen LogP contribution in [0.4, 0.5) is 17.5 Å². The number of hydrogen-bond donors (Lipinski definition) is 2. The van der Waals surface area contributed by atoms with E-state index in [9.17, 15) is 4.79 Å². The highest BCUT2D eigenvalue weighted by molar-refractivity contribution is 6.07. The molecule has 0 spiro atoms. The Morgan fingerprint density at radius 1 is 1.22 bits per heavy atom. The van der Waals surface area contributed by atoms with Gasteiger partial charge >= 0.3 is 0 Å². The summed E-state index contributed by atoms with van der Waals surface area (Å²) in [5.41, 5.74) is 4.72. The number of benzene rings is 1. The highest BCUT2D eigenvalue weighted by atomic mass is 16.5. The molecule has 2 aliphatic heterocycles. The molecular weight excluding hydrogens is 472 g/mol. The van der Waals surface area contributed by atoms with Gasteiger partial charge in [0, 0.05) is 48.7 Å². The number of tetrazole rings is 1. The number of H-pyrrole nitrogens is 1. The van der Waals surface area contributed by atoms with Crippen LogP contribution in [0.2, 0.25) is 0 Å².